The van der Waals surface area contributed by atoms with E-state index in [0.717, 1.165) is 44.2 Å². The van der Waals surface area contributed by atoms with Gasteiger partial charge in [-0.15, -0.1) is 0 Å². The van der Waals surface area contributed by atoms with Gasteiger partial charge in [0.15, 0.2) is 0 Å². The van der Waals surface area contributed by atoms with Crippen molar-refractivity contribution in [3.63, 3.8) is 0 Å². The van der Waals surface area contributed by atoms with Gasteiger partial charge in [-0.1, -0.05) is 19.9 Å². The molecule has 0 heterocycles. The largest absolute Gasteiger partial charge is 0.375 e. The summed E-state index contributed by atoms with van der Waals surface area (Å²) in [5, 5.41) is 0. The zero-order valence-corrected chi connectivity index (χ0v) is 16.6. The number of allylic oxidation sites excluding steroid dienone is 4. The number of hydrogen-bond acceptors (Lipinski definition) is 2. The summed E-state index contributed by atoms with van der Waals surface area (Å²) in [6, 6.07) is 0. The number of rotatable bonds is 3. The molecule has 0 unspecified atom stereocenters. The molecule has 0 aromatic rings. The standard InChI is InChI=1S/C23H35NO/c1-5-24(6-2)17-11-13-22(3)16(15-17)7-8-18-19-9-10-21(25)23(19,4)14-12-20(18)22/h7,15,18-20H,5-6,8-14H2,1-4H3/t18-,19-,20-,22-,23-/m0/s1. The first kappa shape index (κ1) is 17.4. The van der Waals surface area contributed by atoms with Gasteiger partial charge >= 0.3 is 0 Å². The van der Waals surface area contributed by atoms with Gasteiger partial charge in [0, 0.05) is 30.6 Å². The Hall–Kier alpha value is -1.05. The molecule has 0 spiro atoms. The first-order valence-electron chi connectivity index (χ1n) is 10.6. The molecule has 2 fully saturated rings. The molecule has 4 aliphatic carbocycles. The minimum absolute atomic E-state index is 0.000241. The quantitative estimate of drug-likeness (QED) is 0.689. The molecule has 4 rings (SSSR count). The monoisotopic (exact) mass is 341 g/mol. The normalized spacial score (nSPS) is 42.9. The molecular formula is C23H35NO. The number of hydrogen-bond donors (Lipinski definition) is 0. The number of Topliss-reactive ketones (excluding diaryl/α,β-unsaturated/α-hetero) is 1. The number of ketones is 1. The van der Waals surface area contributed by atoms with E-state index >= 15 is 0 Å². The van der Waals surface area contributed by atoms with E-state index in [9.17, 15) is 4.79 Å². The maximum Gasteiger partial charge on any atom is 0.139 e. The first-order valence-corrected chi connectivity index (χ1v) is 10.6. The maximum absolute atomic E-state index is 12.5. The molecule has 0 radical (unpaired) electrons. The molecule has 0 aromatic heterocycles. The fourth-order valence-corrected chi connectivity index (χ4v) is 6.96. The summed E-state index contributed by atoms with van der Waals surface area (Å²) in [6.07, 6.45) is 13.2. The SMILES string of the molecule is CCN(CC)C1=CC2=CC[C@@H]3[C@H](CC[C@]4(C)C(=O)CC[C@@H]34)[C@@]2(C)CC1. The number of fused-ring (bicyclic) bond motifs is 5. The summed E-state index contributed by atoms with van der Waals surface area (Å²) >= 11 is 0. The van der Waals surface area contributed by atoms with Crippen LogP contribution in [0.1, 0.15) is 72.6 Å². The van der Waals surface area contributed by atoms with Gasteiger partial charge < -0.3 is 4.90 Å². The lowest BCUT2D eigenvalue weighted by Gasteiger charge is -2.56. The molecule has 0 aliphatic heterocycles. The van der Waals surface area contributed by atoms with Crippen LogP contribution in [0.25, 0.3) is 0 Å². The lowest BCUT2D eigenvalue weighted by Crippen LogP contribution is -2.49. The minimum atomic E-state index is -0.000241. The fraction of sp³-hybridized carbons (Fsp3) is 0.783. The highest BCUT2D eigenvalue weighted by Gasteiger charge is 2.58. The molecule has 2 nitrogen and oxygen atoms in total. The number of carbonyl (C=O) groups excluding carboxylic acids is 1. The van der Waals surface area contributed by atoms with Gasteiger partial charge in [-0.05, 0) is 87.2 Å². The van der Waals surface area contributed by atoms with E-state index < -0.39 is 0 Å². The highest BCUT2D eigenvalue weighted by atomic mass is 16.1. The predicted molar refractivity (Wildman–Crippen MR) is 103 cm³/mol. The summed E-state index contributed by atoms with van der Waals surface area (Å²) < 4.78 is 0. The molecule has 25 heavy (non-hydrogen) atoms. The molecule has 2 saturated carbocycles. The van der Waals surface area contributed by atoms with Crippen molar-refractivity contribution >= 4 is 5.78 Å². The van der Waals surface area contributed by atoms with Crippen molar-refractivity contribution in [1.82, 2.24) is 4.90 Å². The van der Waals surface area contributed by atoms with Gasteiger partial charge in [-0.3, -0.25) is 4.79 Å². The zero-order chi connectivity index (χ0) is 17.8. The van der Waals surface area contributed by atoms with E-state index in [2.05, 4.69) is 44.7 Å². The van der Waals surface area contributed by atoms with Crippen molar-refractivity contribution in [2.45, 2.75) is 72.6 Å². The average molecular weight is 342 g/mol. The summed E-state index contributed by atoms with van der Waals surface area (Å²) in [5.74, 6) is 2.72. The Morgan fingerprint density at radius 3 is 2.48 bits per heavy atom. The summed E-state index contributed by atoms with van der Waals surface area (Å²) in [6.45, 7) is 11.6. The lowest BCUT2D eigenvalue weighted by molar-refractivity contribution is -0.131. The van der Waals surface area contributed by atoms with Crippen molar-refractivity contribution < 1.29 is 4.79 Å². The van der Waals surface area contributed by atoms with Crippen LogP contribution in [0.3, 0.4) is 0 Å². The van der Waals surface area contributed by atoms with Crippen molar-refractivity contribution in [3.05, 3.63) is 23.4 Å². The predicted octanol–water partition coefficient (Wildman–Crippen LogP) is 5.35. The molecule has 0 N–H and O–H groups in total. The Labute approximate surface area is 153 Å². The van der Waals surface area contributed by atoms with E-state index in [4.69, 9.17) is 0 Å². The van der Waals surface area contributed by atoms with Crippen molar-refractivity contribution in [2.75, 3.05) is 13.1 Å². The molecule has 0 saturated heterocycles. The Morgan fingerprint density at radius 1 is 1.04 bits per heavy atom. The third kappa shape index (κ3) is 2.39. The van der Waals surface area contributed by atoms with E-state index in [1.807, 2.05) is 0 Å². The van der Waals surface area contributed by atoms with Gasteiger partial charge in [-0.25, -0.2) is 0 Å². The molecular weight excluding hydrogens is 306 g/mol. The van der Waals surface area contributed by atoms with Crippen molar-refractivity contribution in [3.8, 4) is 0 Å². The molecule has 4 aliphatic rings. The van der Waals surface area contributed by atoms with E-state index in [0.29, 0.717) is 17.1 Å². The highest BCUT2D eigenvalue weighted by Crippen LogP contribution is 2.63. The molecule has 0 amide bonds. The maximum atomic E-state index is 12.5. The molecule has 0 bridgehead atoms. The highest BCUT2D eigenvalue weighted by molar-refractivity contribution is 5.87. The van der Waals surface area contributed by atoms with Gasteiger partial charge in [-0.2, -0.15) is 0 Å². The number of nitrogens with zero attached hydrogens (tertiary/aromatic N) is 1. The van der Waals surface area contributed by atoms with Crippen molar-refractivity contribution in [1.29, 1.82) is 0 Å². The smallest absolute Gasteiger partial charge is 0.139 e. The fourth-order valence-electron chi connectivity index (χ4n) is 6.96. The lowest BCUT2D eigenvalue weighted by atomic mass is 9.49. The van der Waals surface area contributed by atoms with E-state index in [-0.39, 0.29) is 5.41 Å². The van der Waals surface area contributed by atoms with Crippen LogP contribution >= 0.6 is 0 Å². The van der Waals surface area contributed by atoms with Gasteiger partial charge in [0.1, 0.15) is 5.78 Å². The average Bonchev–Trinajstić information content (AvgIpc) is 2.91. The van der Waals surface area contributed by atoms with Gasteiger partial charge in [0.25, 0.3) is 0 Å². The Kier molecular flexibility index (Phi) is 4.16. The zero-order valence-electron chi connectivity index (χ0n) is 16.6. The second-order valence-electron chi connectivity index (χ2n) is 9.42. The van der Waals surface area contributed by atoms with Crippen LogP contribution in [0.4, 0.5) is 0 Å². The van der Waals surface area contributed by atoms with Crippen molar-refractivity contribution in [2.24, 2.45) is 28.6 Å². The Balaban J connectivity index is 1.66. The Morgan fingerprint density at radius 2 is 1.76 bits per heavy atom. The first-order chi connectivity index (χ1) is 11.9. The molecule has 0 aromatic carbocycles. The van der Waals surface area contributed by atoms with Gasteiger partial charge in [0.2, 0.25) is 0 Å². The summed E-state index contributed by atoms with van der Waals surface area (Å²) in [4.78, 5) is 15.0. The summed E-state index contributed by atoms with van der Waals surface area (Å²) in [7, 11) is 0. The molecule has 2 heteroatoms. The second-order valence-corrected chi connectivity index (χ2v) is 9.42. The van der Waals surface area contributed by atoms with Crippen LogP contribution in [0, 0.1) is 28.6 Å². The van der Waals surface area contributed by atoms with Crippen LogP contribution in [-0.4, -0.2) is 23.8 Å². The van der Waals surface area contributed by atoms with Gasteiger partial charge in [0.05, 0.1) is 0 Å². The van der Waals surface area contributed by atoms with Crippen LogP contribution in [0.5, 0.6) is 0 Å². The third-order valence-electron chi connectivity index (χ3n) is 8.63. The minimum Gasteiger partial charge on any atom is -0.375 e. The van der Waals surface area contributed by atoms with Crippen LogP contribution < -0.4 is 0 Å². The third-order valence-corrected chi connectivity index (χ3v) is 8.63. The number of carbonyl (C=O) groups is 1. The van der Waals surface area contributed by atoms with E-state index in [1.165, 1.54) is 25.7 Å². The molecule has 138 valence electrons. The van der Waals surface area contributed by atoms with Crippen LogP contribution in [0.15, 0.2) is 23.4 Å². The summed E-state index contributed by atoms with van der Waals surface area (Å²) in [5.41, 5.74) is 3.49. The molecule has 5 atom stereocenters. The van der Waals surface area contributed by atoms with Crippen LogP contribution in [-0.2, 0) is 4.79 Å². The Bertz CT molecular complexity index is 628. The topological polar surface area (TPSA) is 20.3 Å². The van der Waals surface area contributed by atoms with Crippen LogP contribution in [0.2, 0.25) is 0 Å². The van der Waals surface area contributed by atoms with E-state index in [1.54, 1.807) is 11.3 Å². The second kappa shape index (κ2) is 5.99.